The van der Waals surface area contributed by atoms with Gasteiger partial charge in [0.15, 0.2) is 0 Å². The fourth-order valence-electron chi connectivity index (χ4n) is 1.16. The molecule has 0 amide bonds. The van der Waals surface area contributed by atoms with E-state index in [0.29, 0.717) is 0 Å². The molecule has 0 unspecified atom stereocenters. The maximum absolute atomic E-state index is 9.37. The van der Waals surface area contributed by atoms with Gasteiger partial charge < -0.3 is 5.11 Å². The average Bonchev–Trinajstić information content (AvgIpc) is 1.85. The molecule has 1 N–H and O–H groups in total. The van der Waals surface area contributed by atoms with Crippen molar-refractivity contribution in [2.75, 3.05) is 0 Å². The van der Waals surface area contributed by atoms with Gasteiger partial charge in [-0.05, 0) is 20.3 Å². The molecule has 0 aromatic rings. The molecular formula is C10H23KO. The third-order valence-corrected chi connectivity index (χ3v) is 1.89. The van der Waals surface area contributed by atoms with Crippen molar-refractivity contribution in [3.63, 3.8) is 0 Å². The summed E-state index contributed by atoms with van der Waals surface area (Å²) in [7, 11) is 0. The second-order valence-corrected chi connectivity index (χ2v) is 3.98. The molecule has 0 bridgehead atoms. The molecule has 0 heterocycles. The van der Waals surface area contributed by atoms with Gasteiger partial charge in [0.05, 0.1) is 5.60 Å². The van der Waals surface area contributed by atoms with E-state index in [4.69, 9.17) is 0 Å². The Kier molecular flexibility index (Phi) is 12.2. The van der Waals surface area contributed by atoms with Crippen molar-refractivity contribution in [3.8, 4) is 0 Å². The Hall–Kier alpha value is 1.60. The van der Waals surface area contributed by atoms with E-state index in [0.717, 1.165) is 6.42 Å². The topological polar surface area (TPSA) is 20.2 Å². The van der Waals surface area contributed by atoms with Gasteiger partial charge in [-0.25, -0.2) is 0 Å². The van der Waals surface area contributed by atoms with Crippen molar-refractivity contribution in [3.05, 3.63) is 0 Å². The molecule has 0 aromatic heterocycles. The summed E-state index contributed by atoms with van der Waals surface area (Å²) in [4.78, 5) is 0. The first-order valence-electron chi connectivity index (χ1n) is 4.78. The van der Waals surface area contributed by atoms with Gasteiger partial charge in [-0.15, -0.1) is 0 Å². The van der Waals surface area contributed by atoms with Crippen LogP contribution in [0.4, 0.5) is 0 Å². The first-order chi connectivity index (χ1) is 5.06. The van der Waals surface area contributed by atoms with E-state index in [1.54, 1.807) is 0 Å². The predicted molar refractivity (Wildman–Crippen MR) is 56.8 cm³/mol. The summed E-state index contributed by atoms with van der Waals surface area (Å²) in [6.45, 7) is 5.98. The van der Waals surface area contributed by atoms with E-state index in [-0.39, 0.29) is 51.4 Å². The molecule has 12 heavy (non-hydrogen) atoms. The first-order valence-corrected chi connectivity index (χ1v) is 4.78. The molecule has 0 spiro atoms. The molecule has 1 nitrogen and oxygen atoms in total. The van der Waals surface area contributed by atoms with Crippen LogP contribution >= 0.6 is 0 Å². The monoisotopic (exact) mass is 198 g/mol. The number of aliphatic hydroxyl groups is 1. The van der Waals surface area contributed by atoms with E-state index in [2.05, 4.69) is 6.92 Å². The molecule has 0 aromatic carbocycles. The molecular weight excluding hydrogens is 175 g/mol. The molecule has 0 aliphatic heterocycles. The van der Waals surface area contributed by atoms with Gasteiger partial charge in [0.2, 0.25) is 0 Å². The number of unbranched alkanes of at least 4 members (excludes halogenated alkanes) is 4. The number of rotatable bonds is 6. The Labute approximate surface area is 120 Å². The first kappa shape index (κ1) is 16.0. The van der Waals surface area contributed by atoms with Crippen molar-refractivity contribution < 1.29 is 5.11 Å². The fraction of sp³-hybridized carbons (Fsp3) is 1.00. The minimum atomic E-state index is -0.452. The summed E-state index contributed by atoms with van der Waals surface area (Å²) in [6.07, 6.45) is 7.35. The number of hydrogen-bond donors (Lipinski definition) is 1. The summed E-state index contributed by atoms with van der Waals surface area (Å²) in [5, 5.41) is 9.37. The fourth-order valence-corrected chi connectivity index (χ4v) is 1.16. The van der Waals surface area contributed by atoms with Gasteiger partial charge in [-0.3, -0.25) is 0 Å². The van der Waals surface area contributed by atoms with Crippen molar-refractivity contribution in [1.82, 2.24) is 0 Å². The second-order valence-electron chi connectivity index (χ2n) is 3.98. The molecule has 0 saturated carbocycles. The van der Waals surface area contributed by atoms with Crippen LogP contribution < -0.4 is 0 Å². The van der Waals surface area contributed by atoms with Crippen molar-refractivity contribution in [2.24, 2.45) is 0 Å². The van der Waals surface area contributed by atoms with E-state index in [9.17, 15) is 5.11 Å². The van der Waals surface area contributed by atoms with Crippen LogP contribution in [0.2, 0.25) is 0 Å². The molecule has 0 saturated heterocycles. The van der Waals surface area contributed by atoms with Gasteiger partial charge in [0.25, 0.3) is 0 Å². The standard InChI is InChI=1S/C10H22O.K.H/c1-4-5-6-7-8-9-10(2,3)11;;/h11H,4-9H2,1-3H3;;. The van der Waals surface area contributed by atoms with Crippen LogP contribution in [-0.4, -0.2) is 62.1 Å². The molecule has 70 valence electrons. The average molecular weight is 198 g/mol. The molecule has 2 heteroatoms. The van der Waals surface area contributed by atoms with Crippen LogP contribution in [0.5, 0.6) is 0 Å². The minimum absolute atomic E-state index is 0. The predicted octanol–water partition coefficient (Wildman–Crippen LogP) is 2.47. The third kappa shape index (κ3) is 14.1. The summed E-state index contributed by atoms with van der Waals surface area (Å²) >= 11 is 0. The Morgan fingerprint density at radius 2 is 1.50 bits per heavy atom. The SMILES string of the molecule is CCCCCCCC(C)(C)O.[KH]. The Bertz CT molecular complexity index is 86.3. The molecule has 0 radical (unpaired) electrons. The van der Waals surface area contributed by atoms with Crippen molar-refractivity contribution in [2.45, 2.75) is 64.9 Å². The Morgan fingerprint density at radius 3 is 1.92 bits per heavy atom. The van der Waals surface area contributed by atoms with E-state index < -0.39 is 5.60 Å². The maximum atomic E-state index is 9.37. The van der Waals surface area contributed by atoms with Crippen molar-refractivity contribution in [1.29, 1.82) is 0 Å². The van der Waals surface area contributed by atoms with E-state index in [1.165, 1.54) is 32.1 Å². The van der Waals surface area contributed by atoms with Gasteiger partial charge >= 0.3 is 51.4 Å². The van der Waals surface area contributed by atoms with Crippen LogP contribution in [0.3, 0.4) is 0 Å². The second kappa shape index (κ2) is 9.16. The molecule has 0 rings (SSSR count). The van der Waals surface area contributed by atoms with Crippen LogP contribution in [0, 0.1) is 0 Å². The van der Waals surface area contributed by atoms with Gasteiger partial charge in [0, 0.05) is 0 Å². The number of hydrogen-bond acceptors (Lipinski definition) is 1. The normalized spacial score (nSPS) is 11.0. The zero-order valence-electron chi connectivity index (χ0n) is 8.19. The molecule has 0 fully saturated rings. The summed E-state index contributed by atoms with van der Waals surface area (Å²) in [5.41, 5.74) is -0.452. The van der Waals surface area contributed by atoms with Gasteiger partial charge in [0.1, 0.15) is 0 Å². The van der Waals surface area contributed by atoms with Crippen molar-refractivity contribution >= 4 is 51.4 Å². The Morgan fingerprint density at radius 1 is 1.00 bits per heavy atom. The van der Waals surface area contributed by atoms with Crippen LogP contribution in [0.1, 0.15) is 59.3 Å². The van der Waals surface area contributed by atoms with Gasteiger partial charge in [-0.1, -0.05) is 39.0 Å². The zero-order valence-corrected chi connectivity index (χ0v) is 8.19. The molecule has 0 aliphatic carbocycles. The summed E-state index contributed by atoms with van der Waals surface area (Å²) in [6, 6.07) is 0. The van der Waals surface area contributed by atoms with E-state index >= 15 is 0 Å². The molecule has 0 aliphatic rings. The quantitative estimate of drug-likeness (QED) is 0.513. The summed E-state index contributed by atoms with van der Waals surface area (Å²) in [5.74, 6) is 0. The van der Waals surface area contributed by atoms with E-state index in [1.807, 2.05) is 13.8 Å². The Balaban J connectivity index is 0. The molecule has 0 atom stereocenters. The van der Waals surface area contributed by atoms with Gasteiger partial charge in [-0.2, -0.15) is 0 Å². The zero-order chi connectivity index (χ0) is 8.74. The summed E-state index contributed by atoms with van der Waals surface area (Å²) < 4.78 is 0. The van der Waals surface area contributed by atoms with Crippen LogP contribution in [0.25, 0.3) is 0 Å². The third-order valence-electron chi connectivity index (χ3n) is 1.89. The van der Waals surface area contributed by atoms with Crippen LogP contribution in [0.15, 0.2) is 0 Å². The van der Waals surface area contributed by atoms with Crippen LogP contribution in [-0.2, 0) is 0 Å².